The van der Waals surface area contributed by atoms with Gasteiger partial charge in [-0.3, -0.25) is 10.1 Å². The molecule has 1 amide bonds. The quantitative estimate of drug-likeness (QED) is 0.490. The number of sulfonamides is 1. The molecule has 0 spiro atoms. The molecule has 1 aromatic heterocycles. The number of hydrogen-bond donors (Lipinski definition) is 2. The molecule has 2 heterocycles. The Bertz CT molecular complexity index is 1400. The Kier molecular flexibility index (Phi) is 7.16. The van der Waals surface area contributed by atoms with Crippen LogP contribution < -0.4 is 5.32 Å². The lowest BCUT2D eigenvalue weighted by Crippen LogP contribution is -2.48. The number of aliphatic carboxylic acids is 1. The van der Waals surface area contributed by atoms with E-state index in [2.05, 4.69) is 5.32 Å². The molecule has 37 heavy (non-hydrogen) atoms. The van der Waals surface area contributed by atoms with Crippen LogP contribution in [-0.2, 0) is 39.6 Å². The van der Waals surface area contributed by atoms with Crippen molar-refractivity contribution in [3.05, 3.63) is 72.1 Å². The van der Waals surface area contributed by atoms with Crippen LogP contribution >= 0.6 is 0 Å². The van der Waals surface area contributed by atoms with Gasteiger partial charge in [-0.2, -0.15) is 4.31 Å². The minimum atomic E-state index is -4.04. The molecule has 4 rings (SSSR count). The predicted octanol–water partition coefficient (Wildman–Crippen LogP) is 4.49. The third kappa shape index (κ3) is 5.86. The molecule has 196 valence electrons. The fraction of sp³-hybridized carbons (Fsp3) is 0.333. The Balaban J connectivity index is 1.49. The van der Waals surface area contributed by atoms with Crippen molar-refractivity contribution in [3.8, 4) is 11.1 Å². The standard InChI is InChI=1S/C27H31N3O6S/c1-27(2,3)17-36-26(33)28-21-9-5-18(6-10-21)19-7-11-22(12-8-19)37(34,35)30-16-20-13-14-29(4)23(20)15-24(30)25(31)32/h5-14,24H,15-17H2,1-4H3,(H,28,33)(H,31,32)/t24-/m1/s1. The van der Waals surface area contributed by atoms with E-state index in [1.165, 1.54) is 12.1 Å². The highest BCUT2D eigenvalue weighted by molar-refractivity contribution is 7.89. The summed E-state index contributed by atoms with van der Waals surface area (Å²) in [6.07, 6.45) is 1.39. The van der Waals surface area contributed by atoms with Crippen molar-refractivity contribution in [3.63, 3.8) is 0 Å². The number of aryl methyl sites for hydroxylation is 1. The van der Waals surface area contributed by atoms with E-state index >= 15 is 0 Å². The number of nitrogens with one attached hydrogen (secondary N) is 1. The lowest BCUT2D eigenvalue weighted by atomic mass is 9.99. The third-order valence-corrected chi connectivity index (χ3v) is 8.07. The molecule has 1 aliphatic rings. The lowest BCUT2D eigenvalue weighted by Gasteiger charge is -2.32. The molecular formula is C27H31N3O6S. The Morgan fingerprint density at radius 3 is 2.19 bits per heavy atom. The highest BCUT2D eigenvalue weighted by Gasteiger charge is 2.40. The van der Waals surface area contributed by atoms with Gasteiger partial charge < -0.3 is 14.4 Å². The molecule has 2 aromatic carbocycles. The molecule has 10 heteroatoms. The van der Waals surface area contributed by atoms with Crippen LogP contribution in [0.4, 0.5) is 10.5 Å². The summed E-state index contributed by atoms with van der Waals surface area (Å²) in [5.74, 6) is -1.18. The number of fused-ring (bicyclic) bond motifs is 1. The van der Waals surface area contributed by atoms with E-state index in [0.29, 0.717) is 12.3 Å². The summed E-state index contributed by atoms with van der Waals surface area (Å²) in [7, 11) is -2.22. The van der Waals surface area contributed by atoms with Gasteiger partial charge in [0.1, 0.15) is 6.04 Å². The Morgan fingerprint density at radius 2 is 1.62 bits per heavy atom. The van der Waals surface area contributed by atoms with Crippen LogP contribution in [0.3, 0.4) is 0 Å². The molecule has 0 aliphatic carbocycles. The molecule has 0 saturated heterocycles. The van der Waals surface area contributed by atoms with E-state index in [4.69, 9.17) is 4.74 Å². The smallest absolute Gasteiger partial charge is 0.411 e. The lowest BCUT2D eigenvalue weighted by molar-refractivity contribution is -0.141. The van der Waals surface area contributed by atoms with E-state index < -0.39 is 28.1 Å². The summed E-state index contributed by atoms with van der Waals surface area (Å²) >= 11 is 0. The summed E-state index contributed by atoms with van der Waals surface area (Å²) in [6.45, 7) is 6.22. The summed E-state index contributed by atoms with van der Waals surface area (Å²) < 4.78 is 35.0. The molecule has 0 fully saturated rings. The van der Waals surface area contributed by atoms with Crippen LogP contribution in [0, 0.1) is 5.41 Å². The van der Waals surface area contributed by atoms with Gasteiger partial charge in [-0.15, -0.1) is 0 Å². The van der Waals surface area contributed by atoms with Gasteiger partial charge in [0.05, 0.1) is 11.5 Å². The zero-order chi connectivity index (χ0) is 27.0. The Hall–Kier alpha value is -3.63. The van der Waals surface area contributed by atoms with Crippen molar-refractivity contribution in [1.82, 2.24) is 8.87 Å². The number of carbonyl (C=O) groups is 2. The minimum absolute atomic E-state index is 0.00384. The zero-order valence-corrected chi connectivity index (χ0v) is 22.1. The van der Waals surface area contributed by atoms with Gasteiger partial charge in [0.25, 0.3) is 0 Å². The normalized spacial score (nSPS) is 16.2. The maximum atomic E-state index is 13.4. The summed E-state index contributed by atoms with van der Waals surface area (Å²) in [4.78, 5) is 24.0. The van der Waals surface area contributed by atoms with Crippen molar-refractivity contribution in [1.29, 1.82) is 0 Å². The van der Waals surface area contributed by atoms with E-state index in [-0.39, 0.29) is 23.3 Å². The average molecular weight is 526 g/mol. The van der Waals surface area contributed by atoms with Gasteiger partial charge in [0.15, 0.2) is 0 Å². The molecule has 0 bridgehead atoms. The van der Waals surface area contributed by atoms with E-state index in [1.807, 2.05) is 56.8 Å². The fourth-order valence-electron chi connectivity index (χ4n) is 4.20. The molecular weight excluding hydrogens is 494 g/mol. The second kappa shape index (κ2) is 10.0. The second-order valence-corrected chi connectivity index (χ2v) is 12.3. The predicted molar refractivity (Wildman–Crippen MR) is 140 cm³/mol. The topological polar surface area (TPSA) is 118 Å². The zero-order valence-electron chi connectivity index (χ0n) is 21.3. The van der Waals surface area contributed by atoms with Crippen molar-refractivity contribution in [2.75, 3.05) is 11.9 Å². The summed E-state index contributed by atoms with van der Waals surface area (Å²) in [5, 5.41) is 12.4. The number of benzene rings is 2. The maximum Gasteiger partial charge on any atom is 0.411 e. The van der Waals surface area contributed by atoms with Crippen LogP contribution in [0.5, 0.6) is 0 Å². The van der Waals surface area contributed by atoms with Gasteiger partial charge in [-0.1, -0.05) is 45.0 Å². The highest BCUT2D eigenvalue weighted by Crippen LogP contribution is 2.31. The number of carboxylic acids is 1. The average Bonchev–Trinajstić information content (AvgIpc) is 3.22. The monoisotopic (exact) mass is 525 g/mol. The first-order valence-electron chi connectivity index (χ1n) is 11.9. The number of hydrogen-bond acceptors (Lipinski definition) is 5. The Morgan fingerprint density at radius 1 is 1.03 bits per heavy atom. The van der Waals surface area contributed by atoms with Crippen molar-refractivity contribution in [2.45, 2.75) is 44.7 Å². The fourth-order valence-corrected chi connectivity index (χ4v) is 5.76. The van der Waals surface area contributed by atoms with Crippen LogP contribution in [0.1, 0.15) is 32.0 Å². The third-order valence-electron chi connectivity index (χ3n) is 6.20. The molecule has 1 aliphatic heterocycles. The molecule has 3 aromatic rings. The van der Waals surface area contributed by atoms with Crippen LogP contribution in [-0.4, -0.2) is 47.1 Å². The number of nitrogens with zero attached hydrogens (tertiary/aromatic N) is 2. The first-order valence-corrected chi connectivity index (χ1v) is 13.3. The molecule has 2 N–H and O–H groups in total. The highest BCUT2D eigenvalue weighted by atomic mass is 32.2. The van der Waals surface area contributed by atoms with Gasteiger partial charge >= 0.3 is 12.1 Å². The number of aromatic nitrogens is 1. The maximum absolute atomic E-state index is 13.4. The van der Waals surface area contributed by atoms with Crippen LogP contribution in [0.2, 0.25) is 0 Å². The van der Waals surface area contributed by atoms with Gasteiger partial charge in [0.2, 0.25) is 10.0 Å². The first kappa shape index (κ1) is 26.4. The van der Waals surface area contributed by atoms with Crippen LogP contribution in [0.25, 0.3) is 11.1 Å². The number of rotatable bonds is 6. The number of ether oxygens (including phenoxy) is 1. The summed E-state index contributed by atoms with van der Waals surface area (Å²) in [5.41, 5.74) is 3.68. The van der Waals surface area contributed by atoms with Crippen molar-refractivity contribution in [2.24, 2.45) is 12.5 Å². The molecule has 0 unspecified atom stereocenters. The SMILES string of the molecule is Cn1ccc2c1C[C@H](C(=O)O)N(S(=O)(=O)c1ccc(-c3ccc(NC(=O)OCC(C)(C)C)cc3)cc1)C2. The van der Waals surface area contributed by atoms with Crippen LogP contribution in [0.15, 0.2) is 65.7 Å². The molecule has 0 saturated carbocycles. The largest absolute Gasteiger partial charge is 0.480 e. The number of anilines is 1. The van der Waals surface area contributed by atoms with Gasteiger partial charge in [-0.25, -0.2) is 13.2 Å². The first-order chi connectivity index (χ1) is 17.3. The molecule has 9 nitrogen and oxygen atoms in total. The summed E-state index contributed by atoms with van der Waals surface area (Å²) in [6, 6.07) is 14.1. The van der Waals surface area contributed by atoms with Gasteiger partial charge in [-0.05, 0) is 52.4 Å². The van der Waals surface area contributed by atoms with E-state index in [1.54, 1.807) is 24.3 Å². The number of carboxylic acid groups (broad SMARTS) is 1. The van der Waals surface area contributed by atoms with Crippen molar-refractivity contribution >= 4 is 27.8 Å². The Labute approximate surface area is 216 Å². The number of amides is 1. The van der Waals surface area contributed by atoms with Gasteiger partial charge in [0, 0.05) is 37.6 Å². The van der Waals surface area contributed by atoms with E-state index in [0.717, 1.165) is 26.7 Å². The van der Waals surface area contributed by atoms with E-state index in [9.17, 15) is 23.1 Å². The number of carbonyl (C=O) groups excluding carboxylic acids is 1. The molecule has 0 radical (unpaired) electrons. The molecule has 1 atom stereocenters. The minimum Gasteiger partial charge on any atom is -0.480 e. The second-order valence-electron chi connectivity index (χ2n) is 10.4. The van der Waals surface area contributed by atoms with Crippen molar-refractivity contribution < 1.29 is 27.9 Å².